The van der Waals surface area contributed by atoms with Gasteiger partial charge in [-0.2, -0.15) is 0 Å². The molecular formula is C23H31N5O. The lowest BCUT2D eigenvalue weighted by Gasteiger charge is -2.35. The first kappa shape index (κ1) is 19.9. The van der Waals surface area contributed by atoms with E-state index in [1.54, 1.807) is 12.3 Å². The summed E-state index contributed by atoms with van der Waals surface area (Å²) in [6.45, 7) is 6.56. The molecule has 1 aromatic carbocycles. The summed E-state index contributed by atoms with van der Waals surface area (Å²) in [6, 6.07) is 14.5. The van der Waals surface area contributed by atoms with Crippen molar-refractivity contribution in [3.05, 3.63) is 59.8 Å². The number of nitrogens with zero attached hydrogens (tertiary/aromatic N) is 3. The molecule has 0 bridgehead atoms. The molecule has 6 nitrogen and oxygen atoms in total. The van der Waals surface area contributed by atoms with Crippen LogP contribution in [0.3, 0.4) is 0 Å². The van der Waals surface area contributed by atoms with Gasteiger partial charge in [0.2, 0.25) is 0 Å². The molecule has 154 valence electrons. The normalized spacial score (nSPS) is 20.4. The van der Waals surface area contributed by atoms with Crippen molar-refractivity contribution in [2.75, 3.05) is 50.7 Å². The zero-order valence-electron chi connectivity index (χ0n) is 17.0. The van der Waals surface area contributed by atoms with Crippen LogP contribution in [0.5, 0.6) is 0 Å². The zero-order chi connectivity index (χ0) is 19.9. The minimum absolute atomic E-state index is 0.0135. The van der Waals surface area contributed by atoms with Gasteiger partial charge in [0.05, 0.1) is 0 Å². The van der Waals surface area contributed by atoms with Crippen molar-refractivity contribution < 1.29 is 4.79 Å². The Morgan fingerprint density at radius 3 is 2.76 bits per heavy atom. The minimum atomic E-state index is -0.0135. The highest BCUT2D eigenvalue weighted by atomic mass is 16.1. The summed E-state index contributed by atoms with van der Waals surface area (Å²) in [4.78, 5) is 21.9. The van der Waals surface area contributed by atoms with E-state index < -0.39 is 0 Å². The van der Waals surface area contributed by atoms with Crippen LogP contribution in [-0.4, -0.2) is 61.6 Å². The second-order valence-corrected chi connectivity index (χ2v) is 7.92. The predicted octanol–water partition coefficient (Wildman–Crippen LogP) is 2.45. The van der Waals surface area contributed by atoms with Crippen molar-refractivity contribution in [1.29, 1.82) is 0 Å². The molecule has 1 amide bonds. The van der Waals surface area contributed by atoms with Crippen LogP contribution in [0.1, 0.15) is 41.2 Å². The maximum Gasteiger partial charge on any atom is 0.251 e. The van der Waals surface area contributed by atoms with Gasteiger partial charge in [-0.3, -0.25) is 4.79 Å². The molecule has 0 spiro atoms. The summed E-state index contributed by atoms with van der Waals surface area (Å²) in [5.41, 5.74) is 1.97. The number of benzene rings is 1. The number of carbonyl (C=O) groups excluding carboxylic acids is 1. The molecule has 0 radical (unpaired) electrons. The van der Waals surface area contributed by atoms with E-state index in [2.05, 4.69) is 49.7 Å². The molecule has 2 N–H and O–H groups in total. The molecule has 1 aromatic heterocycles. The highest BCUT2D eigenvalue weighted by Gasteiger charge is 2.22. The van der Waals surface area contributed by atoms with Crippen molar-refractivity contribution in [2.24, 2.45) is 0 Å². The summed E-state index contributed by atoms with van der Waals surface area (Å²) in [5, 5.41) is 6.65. The van der Waals surface area contributed by atoms with Gasteiger partial charge in [0, 0.05) is 50.5 Å². The Balaban J connectivity index is 1.34. The molecule has 6 heteroatoms. The number of piperazine rings is 1. The van der Waals surface area contributed by atoms with Crippen molar-refractivity contribution in [1.82, 2.24) is 20.5 Å². The fourth-order valence-corrected chi connectivity index (χ4v) is 4.21. The van der Waals surface area contributed by atoms with Crippen molar-refractivity contribution in [2.45, 2.75) is 25.3 Å². The van der Waals surface area contributed by atoms with Crippen molar-refractivity contribution in [3.63, 3.8) is 0 Å². The first-order valence-electron chi connectivity index (χ1n) is 10.8. The number of anilines is 1. The van der Waals surface area contributed by atoms with Crippen LogP contribution in [0.15, 0.2) is 48.7 Å². The van der Waals surface area contributed by atoms with Crippen molar-refractivity contribution in [3.8, 4) is 0 Å². The summed E-state index contributed by atoms with van der Waals surface area (Å²) in [5.74, 6) is 0.858. The Bertz CT molecular complexity index is 791. The number of carbonyl (C=O) groups is 1. The van der Waals surface area contributed by atoms with Gasteiger partial charge in [-0.05, 0) is 43.6 Å². The largest absolute Gasteiger partial charge is 0.353 e. The summed E-state index contributed by atoms with van der Waals surface area (Å²) in [7, 11) is 0. The quantitative estimate of drug-likeness (QED) is 0.789. The number of hydrogen-bond acceptors (Lipinski definition) is 5. The lowest BCUT2D eigenvalue weighted by atomic mass is 10.0. The van der Waals surface area contributed by atoms with Crippen LogP contribution < -0.4 is 15.5 Å². The standard InChI is InChI=1S/C23H31N5O/c29-23(26-11-15-27-13-5-2-6-14-27)20-9-10-25-22(17-20)28-16-12-24-21(18-28)19-7-3-1-4-8-19/h1,3-4,7-10,17,21,24H,2,5-6,11-16,18H2,(H,26,29)/t21-/m1/s1. The fourth-order valence-electron chi connectivity index (χ4n) is 4.21. The van der Waals surface area contributed by atoms with Crippen LogP contribution in [-0.2, 0) is 0 Å². The van der Waals surface area contributed by atoms with Gasteiger partial charge < -0.3 is 20.4 Å². The Morgan fingerprint density at radius 2 is 1.93 bits per heavy atom. The monoisotopic (exact) mass is 393 g/mol. The first-order chi connectivity index (χ1) is 14.3. The summed E-state index contributed by atoms with van der Waals surface area (Å²) < 4.78 is 0. The number of hydrogen-bond donors (Lipinski definition) is 2. The number of amides is 1. The molecule has 2 aliphatic rings. The van der Waals surface area contributed by atoms with E-state index in [0.717, 1.165) is 45.1 Å². The molecule has 29 heavy (non-hydrogen) atoms. The molecule has 2 aromatic rings. The molecule has 2 fully saturated rings. The molecule has 2 aliphatic heterocycles. The van der Waals surface area contributed by atoms with Gasteiger partial charge in [-0.15, -0.1) is 0 Å². The third-order valence-electron chi connectivity index (χ3n) is 5.87. The van der Waals surface area contributed by atoms with Gasteiger partial charge in [0.15, 0.2) is 0 Å². The fraction of sp³-hybridized carbons (Fsp3) is 0.478. The number of nitrogens with one attached hydrogen (secondary N) is 2. The van der Waals surface area contributed by atoms with Crippen molar-refractivity contribution >= 4 is 11.7 Å². The predicted molar refractivity (Wildman–Crippen MR) is 116 cm³/mol. The van der Waals surface area contributed by atoms with E-state index in [0.29, 0.717) is 12.1 Å². The Kier molecular flexibility index (Phi) is 6.75. The SMILES string of the molecule is O=C(NCCN1CCCCC1)c1ccnc(N2CCN[C@@H](c3ccccc3)C2)c1. The maximum absolute atomic E-state index is 12.6. The van der Waals surface area contributed by atoms with E-state index in [1.807, 2.05) is 12.1 Å². The van der Waals surface area contributed by atoms with Gasteiger partial charge in [0.1, 0.15) is 5.82 Å². The summed E-state index contributed by atoms with van der Waals surface area (Å²) >= 11 is 0. The van der Waals surface area contributed by atoms with Crippen LogP contribution in [0, 0.1) is 0 Å². The number of aromatic nitrogens is 1. The second-order valence-electron chi connectivity index (χ2n) is 7.92. The molecule has 0 saturated carbocycles. The number of pyridine rings is 1. The van der Waals surface area contributed by atoms with Crippen LogP contribution in [0.2, 0.25) is 0 Å². The highest BCUT2D eigenvalue weighted by Crippen LogP contribution is 2.21. The third-order valence-corrected chi connectivity index (χ3v) is 5.87. The first-order valence-corrected chi connectivity index (χ1v) is 10.8. The van der Waals surface area contributed by atoms with Crippen LogP contribution in [0.25, 0.3) is 0 Å². The molecule has 0 unspecified atom stereocenters. The third kappa shape index (κ3) is 5.34. The van der Waals surface area contributed by atoms with E-state index >= 15 is 0 Å². The number of rotatable bonds is 6. The van der Waals surface area contributed by atoms with E-state index in [1.165, 1.54) is 24.8 Å². The molecule has 4 rings (SSSR count). The molecule has 3 heterocycles. The Hall–Kier alpha value is -2.44. The Morgan fingerprint density at radius 1 is 1.10 bits per heavy atom. The molecule has 2 saturated heterocycles. The van der Waals surface area contributed by atoms with Gasteiger partial charge in [0.25, 0.3) is 5.91 Å². The minimum Gasteiger partial charge on any atom is -0.353 e. The topological polar surface area (TPSA) is 60.5 Å². The molecule has 1 atom stereocenters. The van der Waals surface area contributed by atoms with E-state index in [9.17, 15) is 4.79 Å². The van der Waals surface area contributed by atoms with Crippen LogP contribution >= 0.6 is 0 Å². The molecular weight excluding hydrogens is 362 g/mol. The average Bonchev–Trinajstić information content (AvgIpc) is 2.80. The number of likely N-dealkylation sites (tertiary alicyclic amines) is 1. The highest BCUT2D eigenvalue weighted by molar-refractivity contribution is 5.94. The lowest BCUT2D eigenvalue weighted by molar-refractivity contribution is 0.0946. The smallest absolute Gasteiger partial charge is 0.251 e. The summed E-state index contributed by atoms with van der Waals surface area (Å²) in [6.07, 6.45) is 5.63. The lowest BCUT2D eigenvalue weighted by Crippen LogP contribution is -2.46. The maximum atomic E-state index is 12.6. The van der Waals surface area contributed by atoms with E-state index in [-0.39, 0.29) is 11.9 Å². The van der Waals surface area contributed by atoms with Gasteiger partial charge in [-0.25, -0.2) is 4.98 Å². The second kappa shape index (κ2) is 9.85. The van der Waals surface area contributed by atoms with Crippen LogP contribution in [0.4, 0.5) is 5.82 Å². The van der Waals surface area contributed by atoms with Gasteiger partial charge >= 0.3 is 0 Å². The Labute approximate surface area is 173 Å². The molecule has 0 aliphatic carbocycles. The number of piperidine rings is 1. The van der Waals surface area contributed by atoms with Gasteiger partial charge in [-0.1, -0.05) is 36.8 Å². The zero-order valence-corrected chi connectivity index (χ0v) is 17.0. The van der Waals surface area contributed by atoms with E-state index in [4.69, 9.17) is 0 Å². The average molecular weight is 394 g/mol.